The monoisotopic (exact) mass is 920 g/mol. The maximum atomic E-state index is 15.0. The third-order valence-corrected chi connectivity index (χ3v) is 16.4. The second-order valence-electron chi connectivity index (χ2n) is 17.8. The molecule has 1 saturated heterocycles. The molecule has 2 N–H and O–H groups in total. The van der Waals surface area contributed by atoms with E-state index in [0.717, 1.165) is 42.9 Å². The van der Waals surface area contributed by atoms with Crippen molar-refractivity contribution < 1.29 is 51.6 Å². The molecule has 0 spiro atoms. The first-order chi connectivity index (χ1) is 30.7. The first-order valence-corrected chi connectivity index (χ1v) is 24.9. The van der Waals surface area contributed by atoms with Gasteiger partial charge in [0.25, 0.3) is 0 Å². The van der Waals surface area contributed by atoms with Crippen LogP contribution >= 0.6 is 18.7 Å². The molecule has 17 heteroatoms. The van der Waals surface area contributed by atoms with Gasteiger partial charge < -0.3 is 34.1 Å². The number of esters is 1. The minimum atomic E-state index is -4.49. The summed E-state index contributed by atoms with van der Waals surface area (Å²) in [7, 11) is -2.93. The van der Waals surface area contributed by atoms with Gasteiger partial charge in [-0.2, -0.15) is 0 Å². The summed E-state index contributed by atoms with van der Waals surface area (Å²) in [5, 5.41) is 5.06. The van der Waals surface area contributed by atoms with Crippen molar-refractivity contribution in [2.45, 2.75) is 114 Å². The second kappa shape index (κ2) is 19.4. The van der Waals surface area contributed by atoms with Crippen LogP contribution in [0.15, 0.2) is 60.0 Å². The van der Waals surface area contributed by atoms with Crippen molar-refractivity contribution >= 4 is 52.4 Å². The van der Waals surface area contributed by atoms with E-state index in [4.69, 9.17) is 28.9 Å². The molecule has 2 aliphatic heterocycles. The number of halogens is 2. The van der Waals surface area contributed by atoms with Gasteiger partial charge in [-0.1, -0.05) is 18.2 Å². The molecule has 0 radical (unpaired) electrons. The molecule has 2 aromatic heterocycles. The zero-order valence-electron chi connectivity index (χ0n) is 36.3. The number of ether oxygens (including phenoxy) is 4. The second-order valence-corrected chi connectivity index (χ2v) is 21.2. The lowest BCUT2D eigenvalue weighted by atomic mass is 10.00. The Kier molecular flexibility index (Phi) is 13.9. The molecule has 3 fully saturated rings. The Morgan fingerprint density at radius 2 is 1.86 bits per heavy atom. The summed E-state index contributed by atoms with van der Waals surface area (Å²) in [6.07, 6.45) is 5.94. The van der Waals surface area contributed by atoms with Gasteiger partial charge in [-0.25, -0.2) is 18.7 Å². The smallest absolute Gasteiger partial charge is 0.306 e. The van der Waals surface area contributed by atoms with Crippen molar-refractivity contribution in [3.8, 4) is 22.9 Å². The van der Waals surface area contributed by atoms with Crippen LogP contribution < -0.4 is 14.8 Å². The molecule has 1 amide bonds. The zero-order valence-corrected chi connectivity index (χ0v) is 38.0. The molecule has 1 unspecified atom stereocenters. The quantitative estimate of drug-likeness (QED) is 0.0789. The van der Waals surface area contributed by atoms with Gasteiger partial charge in [-0.15, -0.1) is 11.3 Å². The SMILES string of the molecule is COc1ccc2c(O[C@@H]3C[C@H]4C(=O)C[C@]5(P(=O)(O)Cc6c(F)cccc6F)C[C@@H]5/C=C\CCCOC[C@H](CC(=O)OC5CCCC5)C(=O)N4C3)cc(-c3csc(NC(C)C)n3)nc2c1. The highest BCUT2D eigenvalue weighted by atomic mass is 32.1. The number of carbonyl (C=O) groups excluding carboxylic acids is 3. The van der Waals surface area contributed by atoms with Gasteiger partial charge in [0.05, 0.1) is 61.2 Å². The molecule has 2 saturated carbocycles. The van der Waals surface area contributed by atoms with Gasteiger partial charge in [0.1, 0.15) is 41.0 Å². The maximum Gasteiger partial charge on any atom is 0.306 e. The average Bonchev–Trinajstić information content (AvgIpc) is 3.67. The molecule has 64 heavy (non-hydrogen) atoms. The first-order valence-electron chi connectivity index (χ1n) is 22.1. The number of benzene rings is 2. The third kappa shape index (κ3) is 10.0. The fourth-order valence-corrected chi connectivity index (χ4v) is 12.7. The number of carbonyl (C=O) groups is 3. The van der Waals surface area contributed by atoms with Crippen LogP contribution in [0.5, 0.6) is 11.5 Å². The number of allylic oxidation sites excluding steroid dienone is 2. The van der Waals surface area contributed by atoms with Crippen LogP contribution in [0.3, 0.4) is 0 Å². The molecule has 4 heterocycles. The number of hydrogen-bond donors (Lipinski definition) is 2. The summed E-state index contributed by atoms with van der Waals surface area (Å²) in [4.78, 5) is 66.1. The number of fused-ring (bicyclic) bond motifs is 3. The third-order valence-electron chi connectivity index (χ3n) is 12.8. The molecule has 8 rings (SSSR count). The lowest BCUT2D eigenvalue weighted by Crippen LogP contribution is -2.46. The van der Waals surface area contributed by atoms with Crippen LogP contribution in [0.1, 0.15) is 83.6 Å². The Labute approximate surface area is 375 Å². The van der Waals surface area contributed by atoms with Gasteiger partial charge >= 0.3 is 5.97 Å². The van der Waals surface area contributed by atoms with E-state index < -0.39 is 83.9 Å². The number of thiazole rings is 1. The molecular formula is C47H55F2N4O9PS. The van der Waals surface area contributed by atoms with Crippen molar-refractivity contribution in [3.63, 3.8) is 0 Å². The molecule has 6 atom stereocenters. The highest BCUT2D eigenvalue weighted by molar-refractivity contribution is 7.59. The Hall–Kier alpha value is -4.76. The lowest BCUT2D eigenvalue weighted by molar-refractivity contribution is -0.155. The minimum Gasteiger partial charge on any atom is -0.497 e. The molecule has 4 aromatic rings. The van der Waals surface area contributed by atoms with Crippen LogP contribution in [0, 0.1) is 23.5 Å². The summed E-state index contributed by atoms with van der Waals surface area (Å²) in [5.74, 6) is -3.91. The van der Waals surface area contributed by atoms with Gasteiger partial charge in [0, 0.05) is 54.0 Å². The van der Waals surface area contributed by atoms with Gasteiger partial charge in [0.2, 0.25) is 13.3 Å². The number of aromatic nitrogens is 2. The standard InChI is InChI=1S/C47H55F2N4O9PS/c1-28(2)50-46-52-40(27-64-46)39-21-43(34-16-15-32(59-3)19-38(34)51-39)61-33-20-41-42(54)23-47(63(57,58)26-35-36(48)13-9-14-37(35)49)22-30(47)10-5-4-8-17-60-25-29(45(56)53(41)24-33)18-44(55)62-31-11-6-7-12-31/h5,9-10,13-16,19,21,27-31,33,41H,4,6-8,11-12,17-18,20,22-26H2,1-3H3,(H,50,52)(H,57,58)/b10-5-/t29-,30-,33+,41-,47+/m0/s1. The summed E-state index contributed by atoms with van der Waals surface area (Å²) < 4.78 is 68.6. The Morgan fingerprint density at radius 3 is 2.61 bits per heavy atom. The van der Waals surface area contributed by atoms with E-state index in [1.807, 2.05) is 37.4 Å². The first kappa shape index (κ1) is 45.8. The van der Waals surface area contributed by atoms with Crippen molar-refractivity contribution in [1.29, 1.82) is 0 Å². The number of nitrogens with zero attached hydrogens (tertiary/aromatic N) is 3. The average molecular weight is 921 g/mol. The number of nitrogens with one attached hydrogen (secondary N) is 1. The van der Waals surface area contributed by atoms with Crippen molar-refractivity contribution in [2.75, 3.05) is 32.2 Å². The summed E-state index contributed by atoms with van der Waals surface area (Å²) >= 11 is 1.44. The number of pyridine rings is 1. The van der Waals surface area contributed by atoms with Gasteiger partial charge in [-0.05, 0) is 89.0 Å². The summed E-state index contributed by atoms with van der Waals surface area (Å²) in [6.45, 7) is 4.18. The zero-order chi connectivity index (χ0) is 45.2. The van der Waals surface area contributed by atoms with Gasteiger partial charge in [-0.3, -0.25) is 18.9 Å². The predicted octanol–water partition coefficient (Wildman–Crippen LogP) is 8.86. The van der Waals surface area contributed by atoms with E-state index in [-0.39, 0.29) is 51.2 Å². The molecule has 13 nitrogen and oxygen atoms in total. The Balaban J connectivity index is 1.14. The molecule has 342 valence electrons. The van der Waals surface area contributed by atoms with Crippen LogP contribution in [0.2, 0.25) is 0 Å². The van der Waals surface area contributed by atoms with E-state index >= 15 is 0 Å². The normalized spacial score (nSPS) is 25.8. The Bertz CT molecular complexity index is 2440. The van der Waals surface area contributed by atoms with E-state index in [1.165, 1.54) is 22.3 Å². The number of ketones is 1. The number of amides is 1. The number of anilines is 1. The predicted molar refractivity (Wildman–Crippen MR) is 239 cm³/mol. The summed E-state index contributed by atoms with van der Waals surface area (Å²) in [6, 6.07) is 9.46. The highest BCUT2D eigenvalue weighted by Crippen LogP contribution is 2.74. The maximum absolute atomic E-state index is 15.0. The fraction of sp³-hybridized carbons (Fsp3) is 0.511. The molecule has 4 aliphatic rings. The largest absolute Gasteiger partial charge is 0.497 e. The van der Waals surface area contributed by atoms with Crippen molar-refractivity contribution in [2.24, 2.45) is 11.8 Å². The van der Waals surface area contributed by atoms with E-state index in [2.05, 4.69) is 5.32 Å². The number of hydrogen-bond acceptors (Lipinski definition) is 12. The number of methoxy groups -OCH3 is 1. The lowest BCUT2D eigenvalue weighted by Gasteiger charge is -2.30. The molecule has 0 bridgehead atoms. The van der Waals surface area contributed by atoms with E-state index in [1.54, 1.807) is 25.3 Å². The Morgan fingerprint density at radius 1 is 1.08 bits per heavy atom. The topological polar surface area (TPSA) is 166 Å². The number of rotatable bonds is 12. The molecule has 2 aliphatic carbocycles. The van der Waals surface area contributed by atoms with Crippen LogP contribution in [-0.4, -0.2) is 93.7 Å². The molecule has 2 aromatic carbocycles. The van der Waals surface area contributed by atoms with Crippen molar-refractivity contribution in [1.82, 2.24) is 14.9 Å². The molecular weight excluding hydrogens is 866 g/mol. The fourth-order valence-electron chi connectivity index (χ4n) is 9.30. The van der Waals surface area contributed by atoms with Crippen LogP contribution in [0.25, 0.3) is 22.3 Å². The van der Waals surface area contributed by atoms with E-state index in [0.29, 0.717) is 46.6 Å². The highest BCUT2D eigenvalue weighted by Gasteiger charge is 2.65. The van der Waals surface area contributed by atoms with Crippen molar-refractivity contribution in [3.05, 3.63) is 77.2 Å². The van der Waals surface area contributed by atoms with E-state index in [9.17, 15) is 32.6 Å². The van der Waals surface area contributed by atoms with Crippen LogP contribution in [0.4, 0.5) is 13.9 Å². The van der Waals surface area contributed by atoms with Gasteiger partial charge in [0.15, 0.2) is 10.9 Å². The summed E-state index contributed by atoms with van der Waals surface area (Å²) in [5.41, 5.74) is 1.20. The number of Topliss-reactive ketones (excluding diaryl/α,β-unsaturated/α-hetero) is 1. The van der Waals surface area contributed by atoms with Crippen LogP contribution in [-0.2, 0) is 34.6 Å². The minimum absolute atomic E-state index is 0.0212.